The van der Waals surface area contributed by atoms with Crippen molar-refractivity contribution in [2.45, 2.75) is 25.7 Å². The number of hydrogen-bond donors (Lipinski definition) is 0. The molecule has 0 N–H and O–H groups in total. The minimum absolute atomic E-state index is 0.193. The maximum atomic E-state index is 13.4. The van der Waals surface area contributed by atoms with E-state index in [1.165, 1.54) is 11.6 Å². The molecule has 3 heteroatoms. The van der Waals surface area contributed by atoms with Crippen molar-refractivity contribution in [3.8, 4) is 0 Å². The summed E-state index contributed by atoms with van der Waals surface area (Å²) in [5.74, 6) is 0.270. The van der Waals surface area contributed by atoms with Gasteiger partial charge >= 0.3 is 0 Å². The largest absolute Gasteiger partial charge is 0.381 e. The second kappa shape index (κ2) is 4.65. The predicted molar refractivity (Wildman–Crippen MR) is 69.2 cm³/mol. The molecule has 0 unspecified atom stereocenters. The summed E-state index contributed by atoms with van der Waals surface area (Å²) in [5, 5.41) is 0.951. The van der Waals surface area contributed by atoms with Crippen molar-refractivity contribution < 1.29 is 9.13 Å². The fraction of sp³-hybridized carbons (Fsp3) is 0.400. The SMILES string of the molecule is Cc1cc(C2CCOCC2)c2cc(F)ccc2n1. The highest BCUT2D eigenvalue weighted by Crippen LogP contribution is 2.32. The third-order valence-corrected chi connectivity index (χ3v) is 3.59. The number of halogens is 1. The number of fused-ring (bicyclic) bond motifs is 1. The molecule has 2 heterocycles. The average Bonchev–Trinajstić information content (AvgIpc) is 2.39. The summed E-state index contributed by atoms with van der Waals surface area (Å²) >= 11 is 0. The zero-order chi connectivity index (χ0) is 12.5. The van der Waals surface area contributed by atoms with Gasteiger partial charge in [-0.1, -0.05) is 0 Å². The molecule has 2 nitrogen and oxygen atoms in total. The fourth-order valence-electron chi connectivity index (χ4n) is 2.71. The van der Waals surface area contributed by atoms with E-state index in [-0.39, 0.29) is 5.82 Å². The smallest absolute Gasteiger partial charge is 0.123 e. The number of aromatic nitrogens is 1. The lowest BCUT2D eigenvalue weighted by atomic mass is 9.89. The van der Waals surface area contributed by atoms with Crippen molar-refractivity contribution in [3.63, 3.8) is 0 Å². The minimum Gasteiger partial charge on any atom is -0.381 e. The molecule has 1 aromatic carbocycles. The third kappa shape index (κ3) is 2.10. The second-order valence-corrected chi connectivity index (χ2v) is 4.90. The van der Waals surface area contributed by atoms with Gasteiger partial charge in [0.1, 0.15) is 5.82 Å². The van der Waals surface area contributed by atoms with Crippen LogP contribution in [0.2, 0.25) is 0 Å². The van der Waals surface area contributed by atoms with Crippen molar-refractivity contribution in [3.05, 3.63) is 41.3 Å². The molecule has 2 aromatic rings. The molecule has 1 fully saturated rings. The van der Waals surface area contributed by atoms with Crippen LogP contribution in [0.3, 0.4) is 0 Å². The van der Waals surface area contributed by atoms with Crippen molar-refractivity contribution in [2.24, 2.45) is 0 Å². The summed E-state index contributed by atoms with van der Waals surface area (Å²) in [5.41, 5.74) is 3.11. The van der Waals surface area contributed by atoms with E-state index in [4.69, 9.17) is 4.74 Å². The monoisotopic (exact) mass is 245 g/mol. The van der Waals surface area contributed by atoms with Gasteiger partial charge in [-0.05, 0) is 55.5 Å². The van der Waals surface area contributed by atoms with E-state index >= 15 is 0 Å². The first-order valence-electron chi connectivity index (χ1n) is 6.38. The Morgan fingerprint density at radius 1 is 1.22 bits per heavy atom. The molecule has 3 rings (SSSR count). The molecule has 1 saturated heterocycles. The molecule has 1 aliphatic rings. The number of ether oxygens (including phenoxy) is 1. The van der Waals surface area contributed by atoms with Gasteiger partial charge in [0.25, 0.3) is 0 Å². The molecule has 0 amide bonds. The Kier molecular flexibility index (Phi) is 3.00. The van der Waals surface area contributed by atoms with E-state index < -0.39 is 0 Å². The third-order valence-electron chi connectivity index (χ3n) is 3.59. The molecule has 18 heavy (non-hydrogen) atoms. The number of nitrogens with zero attached hydrogens (tertiary/aromatic N) is 1. The van der Waals surface area contributed by atoms with E-state index in [1.807, 2.05) is 6.92 Å². The molecule has 0 radical (unpaired) electrons. The summed E-state index contributed by atoms with van der Waals surface area (Å²) in [6.07, 6.45) is 2.02. The first-order valence-corrected chi connectivity index (χ1v) is 6.38. The zero-order valence-electron chi connectivity index (χ0n) is 10.4. The van der Waals surface area contributed by atoms with E-state index in [2.05, 4.69) is 11.1 Å². The summed E-state index contributed by atoms with van der Waals surface area (Å²) < 4.78 is 18.8. The van der Waals surface area contributed by atoms with Crippen LogP contribution in [0.1, 0.15) is 30.0 Å². The Balaban J connectivity index is 2.16. The van der Waals surface area contributed by atoms with Gasteiger partial charge in [-0.15, -0.1) is 0 Å². The molecule has 0 atom stereocenters. The van der Waals surface area contributed by atoms with Crippen LogP contribution in [-0.2, 0) is 4.74 Å². The highest BCUT2D eigenvalue weighted by atomic mass is 19.1. The van der Waals surface area contributed by atoms with E-state index in [0.717, 1.165) is 42.7 Å². The molecular formula is C15H16FNO. The van der Waals surface area contributed by atoms with Gasteiger partial charge in [-0.25, -0.2) is 4.39 Å². The molecule has 0 bridgehead atoms. The van der Waals surface area contributed by atoms with Crippen LogP contribution in [0, 0.1) is 12.7 Å². The van der Waals surface area contributed by atoms with Crippen LogP contribution >= 0.6 is 0 Å². The van der Waals surface area contributed by atoms with E-state index in [0.29, 0.717) is 5.92 Å². The van der Waals surface area contributed by atoms with Crippen LogP contribution in [0.4, 0.5) is 4.39 Å². The topological polar surface area (TPSA) is 22.1 Å². The van der Waals surface area contributed by atoms with Gasteiger partial charge in [0, 0.05) is 24.3 Å². The zero-order valence-corrected chi connectivity index (χ0v) is 10.4. The van der Waals surface area contributed by atoms with Crippen LogP contribution in [0.5, 0.6) is 0 Å². The number of benzene rings is 1. The molecule has 1 aliphatic heterocycles. The normalized spacial score (nSPS) is 17.2. The highest BCUT2D eigenvalue weighted by molar-refractivity contribution is 5.83. The lowest BCUT2D eigenvalue weighted by Crippen LogP contribution is -2.14. The molecule has 94 valence electrons. The lowest BCUT2D eigenvalue weighted by molar-refractivity contribution is 0.0856. The van der Waals surface area contributed by atoms with Gasteiger partial charge in [0.05, 0.1) is 5.52 Å². The number of hydrogen-bond acceptors (Lipinski definition) is 2. The molecule has 0 spiro atoms. The van der Waals surface area contributed by atoms with Gasteiger partial charge in [0.2, 0.25) is 0 Å². The van der Waals surface area contributed by atoms with Crippen LogP contribution in [0.25, 0.3) is 10.9 Å². The van der Waals surface area contributed by atoms with Gasteiger partial charge in [-0.3, -0.25) is 4.98 Å². The Hall–Kier alpha value is -1.48. The number of rotatable bonds is 1. The van der Waals surface area contributed by atoms with Gasteiger partial charge in [0.15, 0.2) is 0 Å². The number of aryl methyl sites for hydroxylation is 1. The Labute approximate surface area is 106 Å². The van der Waals surface area contributed by atoms with Gasteiger partial charge in [-0.2, -0.15) is 0 Å². The van der Waals surface area contributed by atoms with Crippen LogP contribution in [-0.4, -0.2) is 18.2 Å². The summed E-state index contributed by atoms with van der Waals surface area (Å²) in [6.45, 7) is 3.58. The van der Waals surface area contributed by atoms with E-state index in [1.54, 1.807) is 12.1 Å². The number of pyridine rings is 1. The molecule has 0 aliphatic carbocycles. The van der Waals surface area contributed by atoms with Crippen LogP contribution in [0.15, 0.2) is 24.3 Å². The average molecular weight is 245 g/mol. The first-order chi connectivity index (χ1) is 8.74. The maximum Gasteiger partial charge on any atom is 0.123 e. The van der Waals surface area contributed by atoms with Crippen LogP contribution < -0.4 is 0 Å². The second-order valence-electron chi connectivity index (χ2n) is 4.90. The van der Waals surface area contributed by atoms with Crippen molar-refractivity contribution in [1.29, 1.82) is 0 Å². The van der Waals surface area contributed by atoms with E-state index in [9.17, 15) is 4.39 Å². The van der Waals surface area contributed by atoms with Crippen molar-refractivity contribution in [2.75, 3.05) is 13.2 Å². The molecular weight excluding hydrogens is 229 g/mol. The fourth-order valence-corrected chi connectivity index (χ4v) is 2.71. The molecule has 0 saturated carbocycles. The van der Waals surface area contributed by atoms with Gasteiger partial charge < -0.3 is 4.74 Å². The standard InChI is InChI=1S/C15H16FNO/c1-10-8-13(11-4-6-18-7-5-11)14-9-12(16)2-3-15(14)17-10/h2-3,8-9,11H,4-7H2,1H3. The summed E-state index contributed by atoms with van der Waals surface area (Å²) in [6, 6.07) is 6.94. The van der Waals surface area contributed by atoms with Crippen molar-refractivity contribution >= 4 is 10.9 Å². The summed E-state index contributed by atoms with van der Waals surface area (Å²) in [4.78, 5) is 4.47. The Bertz CT molecular complexity index is 576. The highest BCUT2D eigenvalue weighted by Gasteiger charge is 2.19. The maximum absolute atomic E-state index is 13.4. The predicted octanol–water partition coefficient (Wildman–Crippen LogP) is 3.58. The Morgan fingerprint density at radius 2 is 2.00 bits per heavy atom. The molecule has 1 aromatic heterocycles. The summed E-state index contributed by atoms with van der Waals surface area (Å²) in [7, 11) is 0. The Morgan fingerprint density at radius 3 is 2.78 bits per heavy atom. The van der Waals surface area contributed by atoms with Crippen molar-refractivity contribution in [1.82, 2.24) is 4.98 Å². The first kappa shape index (κ1) is 11.6. The minimum atomic E-state index is -0.193. The quantitative estimate of drug-likeness (QED) is 0.766. The lowest BCUT2D eigenvalue weighted by Gasteiger charge is -2.24.